The third-order valence-corrected chi connectivity index (χ3v) is 3.41. The van der Waals surface area contributed by atoms with Crippen LogP contribution >= 0.6 is 0 Å². The Morgan fingerprint density at radius 3 is 2.35 bits per heavy atom. The van der Waals surface area contributed by atoms with E-state index in [0.717, 1.165) is 30.7 Å². The zero-order valence-corrected chi connectivity index (χ0v) is 12.3. The van der Waals surface area contributed by atoms with Gasteiger partial charge in [-0.05, 0) is 37.1 Å². The first-order chi connectivity index (χ1) is 10.9. The third-order valence-electron chi connectivity index (χ3n) is 3.41. The number of carbonyl (C=O) groups is 2. The number of carbonyl (C=O) groups excluding carboxylic acids is 2. The summed E-state index contributed by atoms with van der Waals surface area (Å²) in [5, 5.41) is 5.16. The van der Waals surface area contributed by atoms with Crippen LogP contribution in [0, 0.1) is 0 Å². The Morgan fingerprint density at radius 1 is 1.13 bits per heavy atom. The zero-order chi connectivity index (χ0) is 16.9. The summed E-state index contributed by atoms with van der Waals surface area (Å²) >= 11 is 0. The lowest BCUT2D eigenvalue weighted by Crippen LogP contribution is -2.39. The largest absolute Gasteiger partial charge is 0.416 e. The smallest absolute Gasteiger partial charge is 0.368 e. The van der Waals surface area contributed by atoms with Crippen LogP contribution in [0.15, 0.2) is 24.3 Å². The molecule has 1 fully saturated rings. The molecule has 1 aliphatic rings. The summed E-state index contributed by atoms with van der Waals surface area (Å²) in [6.07, 6.45) is -3.32. The van der Waals surface area contributed by atoms with E-state index in [4.69, 9.17) is 4.74 Å². The normalized spacial score (nSPS) is 17.8. The van der Waals surface area contributed by atoms with Crippen molar-refractivity contribution in [2.24, 2.45) is 0 Å². The van der Waals surface area contributed by atoms with E-state index in [1.807, 2.05) is 0 Å². The average molecular weight is 330 g/mol. The molecule has 1 heterocycles. The minimum Gasteiger partial charge on any atom is -0.368 e. The van der Waals surface area contributed by atoms with Gasteiger partial charge in [0.1, 0.15) is 6.10 Å². The van der Waals surface area contributed by atoms with Gasteiger partial charge in [-0.15, -0.1) is 0 Å². The highest BCUT2D eigenvalue weighted by molar-refractivity contribution is 5.94. The van der Waals surface area contributed by atoms with Gasteiger partial charge in [0.15, 0.2) is 0 Å². The molecule has 1 aliphatic heterocycles. The number of benzene rings is 1. The molecule has 1 aromatic rings. The molecule has 2 N–H and O–H groups in total. The lowest BCUT2D eigenvalue weighted by Gasteiger charge is -2.11. The van der Waals surface area contributed by atoms with Crippen LogP contribution < -0.4 is 10.6 Å². The highest BCUT2D eigenvalue weighted by Crippen LogP contribution is 2.29. The van der Waals surface area contributed by atoms with Crippen LogP contribution in [-0.2, 0) is 15.7 Å². The first-order valence-corrected chi connectivity index (χ1v) is 7.22. The van der Waals surface area contributed by atoms with Gasteiger partial charge in [0.25, 0.3) is 5.91 Å². The molecule has 0 aromatic heterocycles. The summed E-state index contributed by atoms with van der Waals surface area (Å²) in [7, 11) is 0. The van der Waals surface area contributed by atoms with Crippen molar-refractivity contribution >= 4 is 11.8 Å². The van der Waals surface area contributed by atoms with Crippen molar-refractivity contribution in [2.75, 3.05) is 19.7 Å². The van der Waals surface area contributed by atoms with Crippen LogP contribution in [0.4, 0.5) is 13.2 Å². The number of amides is 2. The molecule has 5 nitrogen and oxygen atoms in total. The van der Waals surface area contributed by atoms with E-state index in [1.165, 1.54) is 0 Å². The Morgan fingerprint density at radius 2 is 1.78 bits per heavy atom. The van der Waals surface area contributed by atoms with Crippen LogP contribution in [0.25, 0.3) is 0 Å². The van der Waals surface area contributed by atoms with Crippen LogP contribution in [0.3, 0.4) is 0 Å². The number of hydrogen-bond donors (Lipinski definition) is 2. The van der Waals surface area contributed by atoms with Crippen LogP contribution in [0.1, 0.15) is 28.8 Å². The fourth-order valence-corrected chi connectivity index (χ4v) is 2.17. The molecule has 1 aromatic carbocycles. The maximum absolute atomic E-state index is 12.4. The summed E-state index contributed by atoms with van der Waals surface area (Å²) in [4.78, 5) is 23.4. The highest BCUT2D eigenvalue weighted by Gasteiger charge is 2.30. The summed E-state index contributed by atoms with van der Waals surface area (Å²) in [5.74, 6) is -0.712. The van der Waals surface area contributed by atoms with Crippen LogP contribution in [-0.4, -0.2) is 37.6 Å². The second-order valence-electron chi connectivity index (χ2n) is 5.12. The molecule has 126 valence electrons. The van der Waals surface area contributed by atoms with E-state index in [-0.39, 0.29) is 24.6 Å². The summed E-state index contributed by atoms with van der Waals surface area (Å²) in [5.41, 5.74) is -0.679. The van der Waals surface area contributed by atoms with Crippen molar-refractivity contribution in [1.82, 2.24) is 10.6 Å². The van der Waals surface area contributed by atoms with E-state index >= 15 is 0 Å². The quantitative estimate of drug-likeness (QED) is 0.808. The number of hydrogen-bond acceptors (Lipinski definition) is 3. The van der Waals surface area contributed by atoms with Crippen LogP contribution in [0.2, 0.25) is 0 Å². The van der Waals surface area contributed by atoms with Gasteiger partial charge < -0.3 is 15.4 Å². The maximum atomic E-state index is 12.4. The predicted octanol–water partition coefficient (Wildman–Crippen LogP) is 1.73. The first kappa shape index (κ1) is 17.3. The number of nitrogens with one attached hydrogen (secondary N) is 2. The number of ether oxygens (including phenoxy) is 1. The monoisotopic (exact) mass is 330 g/mol. The van der Waals surface area contributed by atoms with Gasteiger partial charge in [-0.2, -0.15) is 13.2 Å². The minimum absolute atomic E-state index is 0.128. The minimum atomic E-state index is -4.43. The van der Waals surface area contributed by atoms with Crippen molar-refractivity contribution in [3.8, 4) is 0 Å². The first-order valence-electron chi connectivity index (χ1n) is 7.22. The lowest BCUT2D eigenvalue weighted by molar-refractivity contribution is -0.137. The Balaban J connectivity index is 1.73. The molecule has 0 aliphatic carbocycles. The molecule has 2 amide bonds. The summed E-state index contributed by atoms with van der Waals surface area (Å²) < 4.78 is 42.5. The van der Waals surface area contributed by atoms with Gasteiger partial charge in [0, 0.05) is 25.3 Å². The molecule has 0 saturated carbocycles. The Labute approximate surface area is 131 Å². The van der Waals surface area contributed by atoms with Crippen molar-refractivity contribution in [2.45, 2.75) is 25.1 Å². The maximum Gasteiger partial charge on any atom is 0.416 e. The second kappa shape index (κ2) is 7.45. The fourth-order valence-electron chi connectivity index (χ4n) is 2.17. The average Bonchev–Trinajstić information content (AvgIpc) is 3.05. The Hall–Kier alpha value is -2.09. The van der Waals surface area contributed by atoms with E-state index in [1.54, 1.807) is 0 Å². The van der Waals surface area contributed by atoms with E-state index in [2.05, 4.69) is 10.6 Å². The van der Waals surface area contributed by atoms with Crippen molar-refractivity contribution in [1.29, 1.82) is 0 Å². The molecular weight excluding hydrogens is 313 g/mol. The number of halogens is 3. The predicted molar refractivity (Wildman–Crippen MR) is 75.8 cm³/mol. The number of rotatable bonds is 5. The van der Waals surface area contributed by atoms with Crippen molar-refractivity contribution in [3.05, 3.63) is 35.4 Å². The Bertz CT molecular complexity index is 552. The standard InChI is InChI=1S/C15H17F3N2O3/c16-15(17,18)11-5-3-10(4-6-11)13(21)19-7-8-20-14(22)12-2-1-9-23-12/h3-6,12H,1-2,7-9H2,(H,19,21)(H,20,22). The van der Waals surface area contributed by atoms with E-state index in [9.17, 15) is 22.8 Å². The van der Waals surface area contributed by atoms with Gasteiger partial charge in [0.2, 0.25) is 5.91 Å². The molecule has 0 spiro atoms. The molecule has 23 heavy (non-hydrogen) atoms. The Kier molecular flexibility index (Phi) is 5.59. The summed E-state index contributed by atoms with van der Waals surface area (Å²) in [6.45, 7) is 0.978. The second-order valence-corrected chi connectivity index (χ2v) is 5.12. The molecule has 1 saturated heterocycles. The zero-order valence-electron chi connectivity index (χ0n) is 12.3. The molecule has 0 radical (unpaired) electrons. The summed E-state index contributed by atoms with van der Waals surface area (Å²) in [6, 6.07) is 3.94. The third kappa shape index (κ3) is 4.95. The highest BCUT2D eigenvalue weighted by atomic mass is 19.4. The van der Waals surface area contributed by atoms with Gasteiger partial charge in [-0.1, -0.05) is 0 Å². The molecular formula is C15H17F3N2O3. The topological polar surface area (TPSA) is 67.4 Å². The van der Waals surface area contributed by atoms with Crippen molar-refractivity contribution < 1.29 is 27.5 Å². The van der Waals surface area contributed by atoms with E-state index < -0.39 is 23.8 Å². The van der Waals surface area contributed by atoms with Gasteiger partial charge >= 0.3 is 6.18 Å². The fraction of sp³-hybridized carbons (Fsp3) is 0.467. The van der Waals surface area contributed by atoms with Crippen LogP contribution in [0.5, 0.6) is 0 Å². The SMILES string of the molecule is O=C(NCCNC(=O)C1CCCO1)c1ccc(C(F)(F)F)cc1. The molecule has 2 rings (SSSR count). The molecule has 1 atom stereocenters. The van der Waals surface area contributed by atoms with Gasteiger partial charge in [-0.3, -0.25) is 9.59 Å². The lowest BCUT2D eigenvalue weighted by atomic mass is 10.1. The van der Waals surface area contributed by atoms with Gasteiger partial charge in [-0.25, -0.2) is 0 Å². The van der Waals surface area contributed by atoms with E-state index in [0.29, 0.717) is 13.0 Å². The molecule has 0 bridgehead atoms. The molecule has 8 heteroatoms. The molecule has 1 unspecified atom stereocenters. The van der Waals surface area contributed by atoms with Gasteiger partial charge in [0.05, 0.1) is 5.56 Å². The number of alkyl halides is 3. The van der Waals surface area contributed by atoms with Crippen molar-refractivity contribution in [3.63, 3.8) is 0 Å².